The molecular formula is C35H51NO. The van der Waals surface area contributed by atoms with Gasteiger partial charge in [-0.15, -0.1) is 0 Å². The van der Waals surface area contributed by atoms with E-state index in [-0.39, 0.29) is 5.60 Å². The number of ether oxygens (including phenoxy) is 1. The number of aryl methyl sites for hydroxylation is 1. The van der Waals surface area contributed by atoms with Gasteiger partial charge < -0.3 is 9.64 Å². The summed E-state index contributed by atoms with van der Waals surface area (Å²) in [6.07, 6.45) is 10.9. The fourth-order valence-corrected chi connectivity index (χ4v) is 8.24. The highest BCUT2D eigenvalue weighted by atomic mass is 16.5. The van der Waals surface area contributed by atoms with Crippen LogP contribution in [0.4, 0.5) is 5.69 Å². The molecule has 5 atom stereocenters. The van der Waals surface area contributed by atoms with Crippen LogP contribution in [-0.2, 0) is 4.74 Å². The van der Waals surface area contributed by atoms with Gasteiger partial charge in [0.15, 0.2) is 0 Å². The molecule has 5 rings (SSSR count). The Morgan fingerprint density at radius 1 is 0.865 bits per heavy atom. The van der Waals surface area contributed by atoms with E-state index in [4.69, 9.17) is 4.74 Å². The van der Waals surface area contributed by atoms with Crippen molar-refractivity contribution in [3.8, 4) is 0 Å². The van der Waals surface area contributed by atoms with E-state index in [1.165, 1.54) is 62.6 Å². The van der Waals surface area contributed by atoms with Crippen LogP contribution in [-0.4, -0.2) is 19.3 Å². The van der Waals surface area contributed by atoms with Crippen molar-refractivity contribution in [1.29, 1.82) is 0 Å². The maximum absolute atomic E-state index is 5.90. The molecule has 0 radical (unpaired) electrons. The Labute approximate surface area is 227 Å². The van der Waals surface area contributed by atoms with Gasteiger partial charge in [0.05, 0.1) is 11.6 Å². The van der Waals surface area contributed by atoms with Crippen LogP contribution in [0.3, 0.4) is 0 Å². The van der Waals surface area contributed by atoms with E-state index in [9.17, 15) is 0 Å². The normalized spacial score (nSPS) is 26.9. The highest BCUT2D eigenvalue weighted by Crippen LogP contribution is 2.67. The second-order valence-corrected chi connectivity index (χ2v) is 14.1. The van der Waals surface area contributed by atoms with Crippen LogP contribution in [0.1, 0.15) is 126 Å². The Bertz CT molecular complexity index is 1080. The highest BCUT2D eigenvalue weighted by Gasteiger charge is 2.55. The van der Waals surface area contributed by atoms with Gasteiger partial charge in [-0.3, -0.25) is 0 Å². The second kappa shape index (κ2) is 10.4. The number of unbranched alkanes of at least 4 members (excludes halogenated alkanes) is 3. The number of fused-ring (bicyclic) bond motifs is 5. The monoisotopic (exact) mass is 501 g/mol. The summed E-state index contributed by atoms with van der Waals surface area (Å²) in [4.78, 5) is 2.58. The van der Waals surface area contributed by atoms with Crippen molar-refractivity contribution in [3.05, 3.63) is 64.7 Å². The molecule has 0 N–H and O–H groups in total. The van der Waals surface area contributed by atoms with Crippen molar-refractivity contribution in [2.24, 2.45) is 17.3 Å². The number of rotatable bonds is 9. The van der Waals surface area contributed by atoms with Crippen LogP contribution < -0.4 is 4.90 Å². The lowest BCUT2D eigenvalue weighted by Gasteiger charge is -2.41. The molecule has 1 heterocycles. The van der Waals surface area contributed by atoms with E-state index >= 15 is 0 Å². The van der Waals surface area contributed by atoms with Crippen LogP contribution in [0, 0.1) is 24.2 Å². The first kappa shape index (κ1) is 26.8. The Hall–Kier alpha value is -1.80. The van der Waals surface area contributed by atoms with Crippen molar-refractivity contribution in [2.75, 3.05) is 18.6 Å². The lowest BCUT2D eigenvalue weighted by Crippen LogP contribution is -2.32. The first-order valence-corrected chi connectivity index (χ1v) is 15.1. The SMILES string of the molecule is Cc1ccc2c(c1)C1C(c3ccccc3C1C(C)(C)C1CCC(CCCCCCOC(C)(C)C)C1)N2C. The molecule has 2 aliphatic carbocycles. The number of nitrogens with zero attached hydrogens (tertiary/aromatic N) is 1. The summed E-state index contributed by atoms with van der Waals surface area (Å²) in [7, 11) is 2.33. The predicted molar refractivity (Wildman–Crippen MR) is 158 cm³/mol. The zero-order valence-electron chi connectivity index (χ0n) is 24.6. The number of hydrogen-bond acceptors (Lipinski definition) is 2. The zero-order valence-corrected chi connectivity index (χ0v) is 24.6. The third-order valence-electron chi connectivity index (χ3n) is 10.1. The van der Waals surface area contributed by atoms with E-state index < -0.39 is 0 Å². The van der Waals surface area contributed by atoms with Crippen molar-refractivity contribution >= 4 is 5.69 Å². The lowest BCUT2D eigenvalue weighted by molar-refractivity contribution is -0.00476. The largest absolute Gasteiger partial charge is 0.376 e. The van der Waals surface area contributed by atoms with Crippen molar-refractivity contribution in [3.63, 3.8) is 0 Å². The van der Waals surface area contributed by atoms with Crippen LogP contribution in [0.25, 0.3) is 0 Å². The smallest absolute Gasteiger partial charge is 0.0617 e. The van der Waals surface area contributed by atoms with Crippen LogP contribution in [0.5, 0.6) is 0 Å². The third kappa shape index (κ3) is 5.25. The van der Waals surface area contributed by atoms with Gasteiger partial charge in [-0.25, -0.2) is 0 Å². The minimum atomic E-state index is 0.000330. The maximum Gasteiger partial charge on any atom is 0.0617 e. The van der Waals surface area contributed by atoms with Crippen LogP contribution in [0.15, 0.2) is 42.5 Å². The zero-order chi connectivity index (χ0) is 26.4. The summed E-state index contributed by atoms with van der Waals surface area (Å²) < 4.78 is 5.90. The van der Waals surface area contributed by atoms with Crippen molar-refractivity contribution in [2.45, 2.75) is 116 Å². The topological polar surface area (TPSA) is 12.5 Å². The van der Waals surface area contributed by atoms with Crippen LogP contribution >= 0.6 is 0 Å². The molecule has 3 aliphatic rings. The molecule has 0 aromatic heterocycles. The van der Waals surface area contributed by atoms with E-state index in [1.54, 1.807) is 16.7 Å². The molecule has 2 nitrogen and oxygen atoms in total. The van der Waals surface area contributed by atoms with Gasteiger partial charge in [0.1, 0.15) is 0 Å². The minimum absolute atomic E-state index is 0.000330. The molecular weight excluding hydrogens is 450 g/mol. The van der Waals surface area contributed by atoms with E-state index in [1.807, 2.05) is 0 Å². The van der Waals surface area contributed by atoms with Gasteiger partial charge in [0.25, 0.3) is 0 Å². The number of hydrogen-bond donors (Lipinski definition) is 0. The van der Waals surface area contributed by atoms with Gasteiger partial charge in [0, 0.05) is 25.3 Å². The van der Waals surface area contributed by atoms with E-state index in [2.05, 4.69) is 96.0 Å². The minimum Gasteiger partial charge on any atom is -0.376 e. The Kier molecular flexibility index (Phi) is 7.53. The fraction of sp³-hybridized carbons (Fsp3) is 0.657. The molecule has 202 valence electrons. The summed E-state index contributed by atoms with van der Waals surface area (Å²) in [5.41, 5.74) is 7.93. The first-order valence-electron chi connectivity index (χ1n) is 15.1. The quantitative estimate of drug-likeness (QED) is 0.317. The summed E-state index contributed by atoms with van der Waals surface area (Å²) >= 11 is 0. The summed E-state index contributed by atoms with van der Waals surface area (Å²) in [5.74, 6) is 2.89. The van der Waals surface area contributed by atoms with Gasteiger partial charge in [-0.2, -0.15) is 0 Å². The molecule has 5 unspecified atom stereocenters. The van der Waals surface area contributed by atoms with Gasteiger partial charge in [0.2, 0.25) is 0 Å². The predicted octanol–water partition coefficient (Wildman–Crippen LogP) is 9.58. The van der Waals surface area contributed by atoms with Crippen molar-refractivity contribution < 1.29 is 4.74 Å². The number of anilines is 1. The van der Waals surface area contributed by atoms with Crippen LogP contribution in [0.2, 0.25) is 0 Å². The molecule has 0 saturated heterocycles. The summed E-state index contributed by atoms with van der Waals surface area (Å²) in [5, 5.41) is 0. The Morgan fingerprint density at radius 2 is 1.59 bits per heavy atom. The molecule has 2 aromatic rings. The van der Waals surface area contributed by atoms with Gasteiger partial charge >= 0.3 is 0 Å². The molecule has 1 saturated carbocycles. The molecule has 2 heteroatoms. The van der Waals surface area contributed by atoms with E-state index in [0.717, 1.165) is 18.4 Å². The number of likely N-dealkylation sites (N-methyl/N-ethyl adjacent to an activating group) is 1. The Morgan fingerprint density at radius 3 is 2.35 bits per heavy atom. The number of benzene rings is 2. The highest BCUT2D eigenvalue weighted by molar-refractivity contribution is 5.68. The van der Waals surface area contributed by atoms with Gasteiger partial charge in [-0.05, 0) is 92.9 Å². The molecule has 2 aromatic carbocycles. The third-order valence-corrected chi connectivity index (χ3v) is 10.1. The second-order valence-electron chi connectivity index (χ2n) is 14.1. The molecule has 37 heavy (non-hydrogen) atoms. The molecule has 0 bridgehead atoms. The Balaban J connectivity index is 1.25. The maximum atomic E-state index is 5.90. The van der Waals surface area contributed by atoms with Gasteiger partial charge in [-0.1, -0.05) is 87.9 Å². The first-order chi connectivity index (χ1) is 17.6. The van der Waals surface area contributed by atoms with E-state index in [0.29, 0.717) is 23.3 Å². The summed E-state index contributed by atoms with van der Waals surface area (Å²) in [6.45, 7) is 14.9. The molecule has 1 aliphatic heterocycles. The molecule has 1 fully saturated rings. The summed E-state index contributed by atoms with van der Waals surface area (Å²) in [6, 6.07) is 17.1. The lowest BCUT2D eigenvalue weighted by atomic mass is 9.62. The van der Waals surface area contributed by atoms with Crippen molar-refractivity contribution in [1.82, 2.24) is 0 Å². The molecule has 0 amide bonds. The molecule has 0 spiro atoms. The average molecular weight is 502 g/mol. The fourth-order valence-electron chi connectivity index (χ4n) is 8.24. The average Bonchev–Trinajstić information content (AvgIpc) is 3.52. The standard InChI is InChI=1S/C35H51NO/c1-24-17-20-30-29(22-24)31-32(27-15-11-12-16-28(27)33(31)36(30)7)35(5,6)26-19-18-25(23-26)14-10-8-9-13-21-37-34(2,3)4/h11-12,15-17,20,22,25-26,31-33H,8-10,13-14,18-19,21,23H2,1-7H3.